The Morgan fingerprint density at radius 3 is 2.85 bits per heavy atom. The first-order valence-electron chi connectivity index (χ1n) is 4.68. The van der Waals surface area contributed by atoms with Gasteiger partial charge in [0.25, 0.3) is 5.91 Å². The second kappa shape index (κ2) is 3.28. The van der Waals surface area contributed by atoms with Gasteiger partial charge in [0, 0.05) is 13.0 Å². The maximum absolute atomic E-state index is 11.4. The Bertz CT molecular complexity index is 283. The summed E-state index contributed by atoms with van der Waals surface area (Å²) >= 11 is 0. The second-order valence-corrected chi connectivity index (χ2v) is 3.45. The van der Waals surface area contributed by atoms with E-state index < -0.39 is 0 Å². The molecule has 0 saturated carbocycles. The van der Waals surface area contributed by atoms with Gasteiger partial charge >= 0.3 is 0 Å². The lowest BCUT2D eigenvalue weighted by Gasteiger charge is -2.24. The fourth-order valence-electron chi connectivity index (χ4n) is 1.79. The predicted molar refractivity (Wildman–Crippen MR) is 47.2 cm³/mol. The molecule has 0 aromatic carbocycles. The highest BCUT2D eigenvalue weighted by atomic mass is 16.2. The van der Waals surface area contributed by atoms with Gasteiger partial charge in [-0.15, -0.1) is 0 Å². The summed E-state index contributed by atoms with van der Waals surface area (Å²) in [7, 11) is 0. The smallest absolute Gasteiger partial charge is 0.256 e. The van der Waals surface area contributed by atoms with Gasteiger partial charge in [0.15, 0.2) is 0 Å². The number of nitrogens with zero attached hydrogens (tertiary/aromatic N) is 2. The minimum absolute atomic E-state index is 0.0382. The normalized spacial score (nSPS) is 23.7. The average molecular weight is 180 g/mol. The molecule has 4 nitrogen and oxygen atoms in total. The van der Waals surface area contributed by atoms with Crippen molar-refractivity contribution in [2.75, 3.05) is 6.54 Å². The molecule has 1 fully saturated rings. The minimum Gasteiger partial charge on any atom is -0.300 e. The zero-order valence-corrected chi connectivity index (χ0v) is 7.45. The van der Waals surface area contributed by atoms with Gasteiger partial charge in [-0.05, 0) is 12.8 Å². The van der Waals surface area contributed by atoms with Crippen molar-refractivity contribution in [1.82, 2.24) is 4.90 Å². The quantitative estimate of drug-likeness (QED) is 0.516. The number of carbonyl (C=O) groups is 2. The van der Waals surface area contributed by atoms with Gasteiger partial charge in [0.1, 0.15) is 12.3 Å². The number of amidine groups is 1. The number of hydrogen-bond acceptors (Lipinski definition) is 2. The molecule has 2 amide bonds. The number of carbonyl (C=O) groups excluding carboxylic acids is 2. The summed E-state index contributed by atoms with van der Waals surface area (Å²) in [6.07, 6.45) is 3.92. The minimum atomic E-state index is -0.279. The Kier molecular flexibility index (Phi) is 2.12. The number of fused-ring (bicyclic) bond motifs is 1. The molecule has 2 heterocycles. The summed E-state index contributed by atoms with van der Waals surface area (Å²) in [6.45, 7) is 0.741. The van der Waals surface area contributed by atoms with Gasteiger partial charge in [-0.1, -0.05) is 6.42 Å². The summed E-state index contributed by atoms with van der Waals surface area (Å²) in [4.78, 5) is 28.0. The Balaban J connectivity index is 2.26. The average Bonchev–Trinajstić information content (AvgIpc) is 2.28. The predicted octanol–water partition coefficient (Wildman–Crippen LogP) is 0.718. The van der Waals surface area contributed by atoms with Crippen molar-refractivity contribution in [1.29, 1.82) is 0 Å². The monoisotopic (exact) mass is 180 g/mol. The molecule has 0 radical (unpaired) electrons. The summed E-state index contributed by atoms with van der Waals surface area (Å²) < 4.78 is 0. The highest BCUT2D eigenvalue weighted by Crippen LogP contribution is 2.17. The van der Waals surface area contributed by atoms with Crippen molar-refractivity contribution in [3.05, 3.63) is 0 Å². The van der Waals surface area contributed by atoms with Gasteiger partial charge in [0.05, 0.1) is 0 Å². The van der Waals surface area contributed by atoms with Crippen molar-refractivity contribution in [2.24, 2.45) is 4.99 Å². The first-order chi connectivity index (χ1) is 6.27. The molecule has 70 valence electrons. The molecule has 0 aromatic rings. The van der Waals surface area contributed by atoms with E-state index in [-0.39, 0.29) is 18.2 Å². The SMILES string of the molecule is O=C1CC(=O)N2CCCCCC2=N1. The summed E-state index contributed by atoms with van der Waals surface area (Å²) in [5, 5.41) is 0. The van der Waals surface area contributed by atoms with Gasteiger partial charge < -0.3 is 0 Å². The first-order valence-corrected chi connectivity index (χ1v) is 4.68. The summed E-state index contributed by atoms with van der Waals surface area (Å²) in [5.74, 6) is 0.341. The Hall–Kier alpha value is -1.19. The van der Waals surface area contributed by atoms with Crippen molar-refractivity contribution in [3.63, 3.8) is 0 Å². The maximum Gasteiger partial charge on any atom is 0.256 e. The first kappa shape index (κ1) is 8.41. The van der Waals surface area contributed by atoms with Crippen LogP contribution in [0.3, 0.4) is 0 Å². The molecule has 0 spiro atoms. The van der Waals surface area contributed by atoms with E-state index in [1.807, 2.05) is 0 Å². The van der Waals surface area contributed by atoms with E-state index in [9.17, 15) is 9.59 Å². The van der Waals surface area contributed by atoms with Crippen molar-refractivity contribution in [3.8, 4) is 0 Å². The van der Waals surface area contributed by atoms with Crippen LogP contribution in [-0.2, 0) is 9.59 Å². The number of rotatable bonds is 0. The highest BCUT2D eigenvalue weighted by molar-refractivity contribution is 6.13. The molecule has 0 aliphatic carbocycles. The van der Waals surface area contributed by atoms with Crippen LogP contribution in [0.1, 0.15) is 32.1 Å². The standard InChI is InChI=1S/C9H12N2O2/c12-8-6-9(13)11-5-3-1-2-4-7(11)10-8/h1-6H2. The van der Waals surface area contributed by atoms with E-state index in [0.717, 1.165) is 32.2 Å². The van der Waals surface area contributed by atoms with Gasteiger partial charge in [-0.25, -0.2) is 0 Å². The van der Waals surface area contributed by atoms with Gasteiger partial charge in [-0.3, -0.25) is 14.5 Å². The van der Waals surface area contributed by atoms with Crippen LogP contribution in [0, 0.1) is 0 Å². The third kappa shape index (κ3) is 1.61. The van der Waals surface area contributed by atoms with E-state index in [1.54, 1.807) is 4.90 Å². The van der Waals surface area contributed by atoms with Crippen molar-refractivity contribution >= 4 is 17.6 Å². The lowest BCUT2D eigenvalue weighted by molar-refractivity contribution is -0.133. The van der Waals surface area contributed by atoms with Crippen LogP contribution in [0.15, 0.2) is 4.99 Å². The molecule has 1 saturated heterocycles. The molecule has 0 atom stereocenters. The molecule has 0 unspecified atom stereocenters. The van der Waals surface area contributed by atoms with Crippen LogP contribution in [0.5, 0.6) is 0 Å². The number of aliphatic imine (C=N–C) groups is 1. The van der Waals surface area contributed by atoms with E-state index in [1.165, 1.54) is 0 Å². The molecule has 13 heavy (non-hydrogen) atoms. The van der Waals surface area contributed by atoms with Crippen LogP contribution < -0.4 is 0 Å². The lowest BCUT2D eigenvalue weighted by atomic mass is 10.2. The third-order valence-electron chi connectivity index (χ3n) is 2.45. The Labute approximate surface area is 76.6 Å². The fraction of sp³-hybridized carbons (Fsp3) is 0.667. The van der Waals surface area contributed by atoms with E-state index in [2.05, 4.69) is 4.99 Å². The number of amides is 2. The van der Waals surface area contributed by atoms with Gasteiger partial charge in [-0.2, -0.15) is 4.99 Å². The third-order valence-corrected chi connectivity index (χ3v) is 2.45. The molecule has 0 aromatic heterocycles. The molecule has 2 rings (SSSR count). The lowest BCUT2D eigenvalue weighted by Crippen LogP contribution is -2.41. The molecule has 2 aliphatic heterocycles. The zero-order valence-electron chi connectivity index (χ0n) is 7.45. The van der Waals surface area contributed by atoms with Gasteiger partial charge in [0.2, 0.25) is 5.91 Å². The van der Waals surface area contributed by atoms with Crippen LogP contribution in [-0.4, -0.2) is 29.1 Å². The van der Waals surface area contributed by atoms with E-state index >= 15 is 0 Å². The van der Waals surface area contributed by atoms with Crippen LogP contribution in [0.4, 0.5) is 0 Å². The fourth-order valence-corrected chi connectivity index (χ4v) is 1.79. The molecule has 0 bridgehead atoms. The molecular formula is C9H12N2O2. The molecular weight excluding hydrogens is 168 g/mol. The molecule has 2 aliphatic rings. The van der Waals surface area contributed by atoms with E-state index in [0.29, 0.717) is 5.84 Å². The topological polar surface area (TPSA) is 49.7 Å². The second-order valence-electron chi connectivity index (χ2n) is 3.45. The molecule has 0 N–H and O–H groups in total. The Morgan fingerprint density at radius 2 is 2.00 bits per heavy atom. The largest absolute Gasteiger partial charge is 0.300 e. The maximum atomic E-state index is 11.4. The van der Waals surface area contributed by atoms with Crippen LogP contribution in [0.25, 0.3) is 0 Å². The highest BCUT2D eigenvalue weighted by Gasteiger charge is 2.27. The molecule has 4 heteroatoms. The number of hydrogen-bond donors (Lipinski definition) is 0. The van der Waals surface area contributed by atoms with Crippen LogP contribution in [0.2, 0.25) is 0 Å². The zero-order chi connectivity index (χ0) is 9.26. The van der Waals surface area contributed by atoms with Crippen LogP contribution >= 0.6 is 0 Å². The summed E-state index contributed by atoms with van der Waals surface area (Å²) in [6, 6.07) is 0. The van der Waals surface area contributed by atoms with Crippen molar-refractivity contribution < 1.29 is 9.59 Å². The summed E-state index contributed by atoms with van der Waals surface area (Å²) in [5.41, 5.74) is 0. The van der Waals surface area contributed by atoms with E-state index in [4.69, 9.17) is 0 Å². The van der Waals surface area contributed by atoms with Crippen molar-refractivity contribution in [2.45, 2.75) is 32.1 Å². The Morgan fingerprint density at radius 1 is 1.15 bits per heavy atom.